The Bertz CT molecular complexity index is 975. The fourth-order valence-electron chi connectivity index (χ4n) is 2.81. The van der Waals surface area contributed by atoms with Crippen molar-refractivity contribution in [3.05, 3.63) is 46.4 Å². The molecule has 0 spiro atoms. The minimum Gasteiger partial charge on any atom is -0.477 e. The number of sulfonamides is 1. The first-order valence-electron chi connectivity index (χ1n) is 8.12. The molecule has 0 saturated heterocycles. The van der Waals surface area contributed by atoms with Gasteiger partial charge in [-0.05, 0) is 43.2 Å². The first-order valence-corrected chi connectivity index (χ1v) is 10.4. The molecule has 1 N–H and O–H groups in total. The average molecular weight is 439 g/mol. The van der Waals surface area contributed by atoms with Crippen molar-refractivity contribution in [2.24, 2.45) is 0 Å². The number of amides is 1. The van der Waals surface area contributed by atoms with Crippen molar-refractivity contribution in [3.63, 3.8) is 0 Å². The van der Waals surface area contributed by atoms with Crippen LogP contribution in [0, 0.1) is 0 Å². The molecule has 2 aromatic carbocycles. The van der Waals surface area contributed by atoms with Gasteiger partial charge in [-0.15, -0.1) is 0 Å². The van der Waals surface area contributed by atoms with E-state index in [1.165, 1.54) is 11.0 Å². The molecule has 1 amide bonds. The fourth-order valence-corrected chi connectivity index (χ4v) is 4.63. The summed E-state index contributed by atoms with van der Waals surface area (Å²) in [6.07, 6.45) is 0.0427. The van der Waals surface area contributed by atoms with Crippen LogP contribution in [0.2, 0.25) is 0 Å². The molecule has 6 nitrogen and oxygen atoms in total. The highest BCUT2D eigenvalue weighted by molar-refractivity contribution is 9.10. The smallest absolute Gasteiger partial charge is 0.267 e. The van der Waals surface area contributed by atoms with Crippen LogP contribution in [0.5, 0.6) is 5.75 Å². The van der Waals surface area contributed by atoms with Crippen LogP contribution in [0.25, 0.3) is 0 Å². The number of likely N-dealkylation sites (N-methyl/N-ethyl adjacent to an activating group) is 1. The van der Waals surface area contributed by atoms with E-state index in [1.807, 2.05) is 13.0 Å². The summed E-state index contributed by atoms with van der Waals surface area (Å²) in [5.74, 6) is -0.0653. The minimum atomic E-state index is -3.91. The lowest BCUT2D eigenvalue weighted by atomic mass is 10.1. The number of benzene rings is 2. The number of ether oxygens (including phenoxy) is 1. The van der Waals surface area contributed by atoms with E-state index in [4.69, 9.17) is 4.74 Å². The lowest BCUT2D eigenvalue weighted by Gasteiger charge is -2.31. The number of fused-ring (bicyclic) bond motifs is 1. The standard InChI is InChI=1S/C18H19BrN2O4S/c1-4-12-6-5-7-14(8-12)20-26(23,24)16-10-13(19)9-15-17(16)25-11(2)18(22)21(15)3/h5-11,20H,4H2,1-3H3. The van der Waals surface area contributed by atoms with Gasteiger partial charge in [0.15, 0.2) is 11.9 Å². The summed E-state index contributed by atoms with van der Waals surface area (Å²) in [4.78, 5) is 13.5. The summed E-state index contributed by atoms with van der Waals surface area (Å²) in [7, 11) is -2.31. The molecule has 2 aromatic rings. The van der Waals surface area contributed by atoms with Gasteiger partial charge < -0.3 is 9.64 Å². The number of aryl methyl sites for hydroxylation is 1. The van der Waals surface area contributed by atoms with Crippen LogP contribution in [0.1, 0.15) is 19.4 Å². The van der Waals surface area contributed by atoms with Crippen molar-refractivity contribution in [1.29, 1.82) is 0 Å². The van der Waals surface area contributed by atoms with Crippen LogP contribution >= 0.6 is 15.9 Å². The quantitative estimate of drug-likeness (QED) is 0.791. The first kappa shape index (κ1) is 18.7. The number of carbonyl (C=O) groups excluding carboxylic acids is 1. The van der Waals surface area contributed by atoms with Crippen LogP contribution in [0.3, 0.4) is 0 Å². The molecule has 138 valence electrons. The van der Waals surface area contributed by atoms with Gasteiger partial charge in [-0.3, -0.25) is 9.52 Å². The van der Waals surface area contributed by atoms with Gasteiger partial charge in [0.2, 0.25) is 0 Å². The van der Waals surface area contributed by atoms with E-state index in [1.54, 1.807) is 38.2 Å². The molecule has 0 aliphatic carbocycles. The zero-order chi connectivity index (χ0) is 19.1. The number of nitrogens with one attached hydrogen (secondary N) is 1. The maximum atomic E-state index is 13.0. The lowest BCUT2D eigenvalue weighted by molar-refractivity contribution is -0.125. The Morgan fingerprint density at radius 1 is 1.27 bits per heavy atom. The van der Waals surface area contributed by atoms with Crippen molar-refractivity contribution in [3.8, 4) is 5.75 Å². The van der Waals surface area contributed by atoms with E-state index in [-0.39, 0.29) is 16.6 Å². The number of nitrogens with zero attached hydrogens (tertiary/aromatic N) is 1. The van der Waals surface area contributed by atoms with Gasteiger partial charge >= 0.3 is 0 Å². The average Bonchev–Trinajstić information content (AvgIpc) is 2.60. The molecule has 8 heteroatoms. The number of hydrogen-bond donors (Lipinski definition) is 1. The summed E-state index contributed by atoms with van der Waals surface area (Å²) in [5, 5.41) is 0. The number of halogens is 1. The first-order chi connectivity index (χ1) is 12.2. The number of hydrogen-bond acceptors (Lipinski definition) is 4. The molecule has 1 unspecified atom stereocenters. The predicted molar refractivity (Wildman–Crippen MR) is 104 cm³/mol. The van der Waals surface area contributed by atoms with Crippen molar-refractivity contribution in [1.82, 2.24) is 0 Å². The molecule has 3 rings (SSSR count). The molecule has 26 heavy (non-hydrogen) atoms. The second-order valence-corrected chi connectivity index (χ2v) is 8.64. The van der Waals surface area contributed by atoms with Crippen molar-refractivity contribution >= 4 is 43.2 Å². The highest BCUT2D eigenvalue weighted by atomic mass is 79.9. The summed E-state index contributed by atoms with van der Waals surface area (Å²) < 4.78 is 34.8. The van der Waals surface area contributed by atoms with Crippen molar-refractivity contribution < 1.29 is 17.9 Å². The third kappa shape index (κ3) is 3.43. The van der Waals surface area contributed by atoms with Crippen LogP contribution in [0.4, 0.5) is 11.4 Å². The molecule has 0 radical (unpaired) electrons. The topological polar surface area (TPSA) is 75.7 Å². The van der Waals surface area contributed by atoms with E-state index in [9.17, 15) is 13.2 Å². The molecule has 1 aliphatic rings. The molecular weight excluding hydrogens is 420 g/mol. The Labute approximate surface area is 161 Å². The Kier molecular flexibility index (Phi) is 4.98. The SMILES string of the molecule is CCc1cccc(NS(=O)(=O)c2cc(Br)cc3c2OC(C)C(=O)N3C)c1. The molecule has 0 saturated carbocycles. The maximum absolute atomic E-state index is 13.0. The molecule has 0 fully saturated rings. The number of carbonyl (C=O) groups is 1. The second-order valence-electron chi connectivity index (χ2n) is 6.07. The van der Waals surface area contributed by atoms with Gasteiger partial charge in [-0.25, -0.2) is 8.42 Å². The third-order valence-corrected chi connectivity index (χ3v) is 6.06. The van der Waals surface area contributed by atoms with Crippen LogP contribution in [-0.2, 0) is 21.2 Å². The second kappa shape index (κ2) is 6.92. The monoisotopic (exact) mass is 438 g/mol. The molecule has 0 aromatic heterocycles. The molecule has 1 aliphatic heterocycles. The highest BCUT2D eigenvalue weighted by Crippen LogP contribution is 2.41. The van der Waals surface area contributed by atoms with E-state index < -0.39 is 16.1 Å². The van der Waals surface area contributed by atoms with Crippen LogP contribution < -0.4 is 14.4 Å². The summed E-state index contributed by atoms with van der Waals surface area (Å²) >= 11 is 3.32. The van der Waals surface area contributed by atoms with Gasteiger partial charge in [-0.1, -0.05) is 35.0 Å². The van der Waals surface area contributed by atoms with Crippen LogP contribution in [-0.4, -0.2) is 27.5 Å². The van der Waals surface area contributed by atoms with E-state index in [0.29, 0.717) is 15.8 Å². The number of rotatable bonds is 4. The highest BCUT2D eigenvalue weighted by Gasteiger charge is 2.34. The normalized spacial score (nSPS) is 16.8. The molecular formula is C18H19BrN2O4S. The largest absolute Gasteiger partial charge is 0.477 e. The Balaban J connectivity index is 2.08. The Morgan fingerprint density at radius 2 is 2.00 bits per heavy atom. The van der Waals surface area contributed by atoms with Gasteiger partial charge in [0.1, 0.15) is 4.90 Å². The summed E-state index contributed by atoms with van der Waals surface area (Å²) in [6.45, 7) is 3.60. The third-order valence-electron chi connectivity index (χ3n) is 4.21. The van der Waals surface area contributed by atoms with E-state index in [2.05, 4.69) is 20.7 Å². The zero-order valence-electron chi connectivity index (χ0n) is 14.6. The molecule has 0 bridgehead atoms. The summed E-state index contributed by atoms with van der Waals surface area (Å²) in [5.41, 5.74) is 1.91. The van der Waals surface area contributed by atoms with Crippen molar-refractivity contribution in [2.45, 2.75) is 31.3 Å². The fraction of sp³-hybridized carbons (Fsp3) is 0.278. The lowest BCUT2D eigenvalue weighted by Crippen LogP contribution is -2.42. The van der Waals surface area contributed by atoms with E-state index in [0.717, 1.165) is 12.0 Å². The van der Waals surface area contributed by atoms with Gasteiger partial charge in [0.25, 0.3) is 15.9 Å². The molecule has 1 heterocycles. The van der Waals surface area contributed by atoms with Gasteiger partial charge in [-0.2, -0.15) is 0 Å². The summed E-state index contributed by atoms with van der Waals surface area (Å²) in [6, 6.07) is 10.4. The van der Waals surface area contributed by atoms with Gasteiger partial charge in [0.05, 0.1) is 5.69 Å². The number of anilines is 2. The minimum absolute atomic E-state index is 0.0185. The predicted octanol–water partition coefficient (Wildman–Crippen LogP) is 3.56. The van der Waals surface area contributed by atoms with Crippen molar-refractivity contribution in [2.75, 3.05) is 16.7 Å². The van der Waals surface area contributed by atoms with Gasteiger partial charge in [0, 0.05) is 17.2 Å². The Morgan fingerprint density at radius 3 is 2.69 bits per heavy atom. The maximum Gasteiger partial charge on any atom is 0.267 e. The van der Waals surface area contributed by atoms with E-state index >= 15 is 0 Å². The Hall–Kier alpha value is -2.06. The zero-order valence-corrected chi connectivity index (χ0v) is 17.0. The molecule has 1 atom stereocenters. The van der Waals surface area contributed by atoms with Crippen LogP contribution in [0.15, 0.2) is 45.8 Å².